The van der Waals surface area contributed by atoms with E-state index in [0.717, 1.165) is 11.3 Å². The molecule has 0 saturated carbocycles. The Balaban J connectivity index is 2.47. The van der Waals surface area contributed by atoms with Gasteiger partial charge in [-0.25, -0.2) is 0 Å². The number of rotatable bonds is 2. The number of nitrogens with zero attached hydrogens (tertiary/aromatic N) is 2. The number of nitriles is 1. The van der Waals surface area contributed by atoms with Crippen LogP contribution in [0.2, 0.25) is 0 Å². The lowest BCUT2D eigenvalue weighted by atomic mass is 10.2. The van der Waals surface area contributed by atoms with Crippen LogP contribution in [0.3, 0.4) is 0 Å². The van der Waals surface area contributed by atoms with Gasteiger partial charge in [-0.05, 0) is 36.8 Å². The minimum atomic E-state index is -0.305. The molecule has 2 rings (SSSR count). The highest BCUT2D eigenvalue weighted by molar-refractivity contribution is 5.30. The number of pyridine rings is 1. The zero-order valence-corrected chi connectivity index (χ0v) is 9.92. The molecule has 1 N–H and O–H groups in total. The van der Waals surface area contributed by atoms with E-state index < -0.39 is 0 Å². The lowest BCUT2D eigenvalue weighted by Crippen LogP contribution is -2.24. The van der Waals surface area contributed by atoms with Crippen molar-refractivity contribution in [3.63, 3.8) is 0 Å². The van der Waals surface area contributed by atoms with E-state index in [-0.39, 0.29) is 16.9 Å². The summed E-state index contributed by atoms with van der Waals surface area (Å²) in [6.07, 6.45) is 0. The monoisotopic (exact) mass is 240 g/mol. The minimum absolute atomic E-state index is 0.126. The molecule has 1 heterocycles. The van der Waals surface area contributed by atoms with Crippen LogP contribution in [0.25, 0.3) is 0 Å². The first-order valence-electron chi connectivity index (χ1n) is 5.50. The van der Waals surface area contributed by atoms with Gasteiger partial charge >= 0.3 is 0 Å². The fourth-order valence-electron chi connectivity index (χ4n) is 1.79. The van der Waals surface area contributed by atoms with Gasteiger partial charge in [0.25, 0.3) is 5.56 Å². The Hall–Kier alpha value is -2.54. The third-order valence-electron chi connectivity index (χ3n) is 2.76. The molecule has 0 bridgehead atoms. The Bertz CT molecular complexity index is 681. The van der Waals surface area contributed by atoms with Gasteiger partial charge in [0.2, 0.25) is 0 Å². The summed E-state index contributed by atoms with van der Waals surface area (Å²) in [5, 5.41) is 18.2. The van der Waals surface area contributed by atoms with Crippen molar-refractivity contribution in [2.45, 2.75) is 13.5 Å². The van der Waals surface area contributed by atoms with Crippen molar-refractivity contribution in [1.82, 2.24) is 4.57 Å². The van der Waals surface area contributed by atoms with Crippen LogP contribution in [0.5, 0.6) is 5.75 Å². The van der Waals surface area contributed by atoms with Gasteiger partial charge in [0.15, 0.2) is 0 Å². The molecule has 0 aliphatic carbocycles. The van der Waals surface area contributed by atoms with Crippen LogP contribution in [0, 0.1) is 18.3 Å². The van der Waals surface area contributed by atoms with Crippen molar-refractivity contribution < 1.29 is 5.11 Å². The van der Waals surface area contributed by atoms with E-state index in [1.54, 1.807) is 24.3 Å². The van der Waals surface area contributed by atoms with Crippen molar-refractivity contribution in [3.05, 3.63) is 63.6 Å². The normalized spacial score (nSPS) is 10.0. The highest BCUT2D eigenvalue weighted by Gasteiger charge is 2.06. The van der Waals surface area contributed by atoms with Gasteiger partial charge in [-0.2, -0.15) is 5.26 Å². The molecule has 0 amide bonds. The maximum Gasteiger partial charge on any atom is 0.268 e. The lowest BCUT2D eigenvalue weighted by Gasteiger charge is -2.10. The van der Waals surface area contributed by atoms with E-state index >= 15 is 0 Å². The van der Waals surface area contributed by atoms with Gasteiger partial charge in [0, 0.05) is 5.69 Å². The molecule has 0 aliphatic rings. The largest absolute Gasteiger partial charge is 0.508 e. The number of hydrogen-bond acceptors (Lipinski definition) is 3. The molecule has 90 valence electrons. The van der Waals surface area contributed by atoms with E-state index in [4.69, 9.17) is 5.26 Å². The fourth-order valence-corrected chi connectivity index (χ4v) is 1.79. The van der Waals surface area contributed by atoms with E-state index in [2.05, 4.69) is 0 Å². The molecular formula is C14H12N2O2. The Labute approximate surface area is 104 Å². The van der Waals surface area contributed by atoms with Crippen LogP contribution in [0.15, 0.2) is 41.2 Å². The SMILES string of the molecule is Cc1ccc(C#N)c(=O)n1Cc1cccc(O)c1. The predicted molar refractivity (Wildman–Crippen MR) is 67.4 cm³/mol. The average molecular weight is 240 g/mol. The lowest BCUT2D eigenvalue weighted by molar-refractivity contribution is 0.474. The molecule has 0 spiro atoms. The summed E-state index contributed by atoms with van der Waals surface area (Å²) in [5.74, 6) is 0.162. The Morgan fingerprint density at radius 2 is 2.11 bits per heavy atom. The summed E-state index contributed by atoms with van der Waals surface area (Å²) in [5.41, 5.74) is 1.42. The smallest absolute Gasteiger partial charge is 0.268 e. The molecule has 0 saturated heterocycles. The fraction of sp³-hybridized carbons (Fsp3) is 0.143. The van der Waals surface area contributed by atoms with Crippen LogP contribution in [-0.4, -0.2) is 9.67 Å². The zero-order valence-electron chi connectivity index (χ0n) is 9.92. The molecule has 4 nitrogen and oxygen atoms in total. The highest BCUT2D eigenvalue weighted by Crippen LogP contribution is 2.12. The van der Waals surface area contributed by atoms with Gasteiger partial charge in [-0.15, -0.1) is 0 Å². The number of phenolic OH excluding ortho intramolecular Hbond substituents is 1. The molecule has 0 aliphatic heterocycles. The Kier molecular flexibility index (Phi) is 3.16. The van der Waals surface area contributed by atoms with E-state index in [9.17, 15) is 9.90 Å². The van der Waals surface area contributed by atoms with Gasteiger partial charge in [0.05, 0.1) is 6.54 Å². The third kappa shape index (κ3) is 2.25. The van der Waals surface area contributed by atoms with Crippen LogP contribution in [-0.2, 0) is 6.54 Å². The second-order valence-electron chi connectivity index (χ2n) is 4.06. The molecule has 0 radical (unpaired) electrons. The maximum absolute atomic E-state index is 12.0. The predicted octanol–water partition coefficient (Wildman–Crippen LogP) is 1.78. The topological polar surface area (TPSA) is 66.0 Å². The maximum atomic E-state index is 12.0. The second-order valence-corrected chi connectivity index (χ2v) is 4.06. The minimum Gasteiger partial charge on any atom is -0.508 e. The van der Waals surface area contributed by atoms with Crippen molar-refractivity contribution in [1.29, 1.82) is 5.26 Å². The molecule has 1 aromatic heterocycles. The summed E-state index contributed by atoms with van der Waals surface area (Å²) >= 11 is 0. The zero-order chi connectivity index (χ0) is 13.1. The molecule has 0 atom stereocenters. The Morgan fingerprint density at radius 1 is 1.33 bits per heavy atom. The summed E-state index contributed by atoms with van der Waals surface area (Å²) < 4.78 is 1.52. The van der Waals surface area contributed by atoms with E-state index in [1.807, 2.05) is 19.1 Å². The first-order valence-corrected chi connectivity index (χ1v) is 5.50. The first kappa shape index (κ1) is 11.9. The van der Waals surface area contributed by atoms with Crippen LogP contribution >= 0.6 is 0 Å². The van der Waals surface area contributed by atoms with Gasteiger partial charge in [-0.1, -0.05) is 12.1 Å². The van der Waals surface area contributed by atoms with Crippen molar-refractivity contribution >= 4 is 0 Å². The molecule has 0 unspecified atom stereocenters. The van der Waals surface area contributed by atoms with Crippen molar-refractivity contribution in [3.8, 4) is 11.8 Å². The van der Waals surface area contributed by atoms with E-state index in [1.165, 1.54) is 10.6 Å². The van der Waals surface area contributed by atoms with Crippen LogP contribution in [0.4, 0.5) is 0 Å². The van der Waals surface area contributed by atoms with Gasteiger partial charge in [0.1, 0.15) is 17.4 Å². The molecule has 18 heavy (non-hydrogen) atoms. The van der Waals surface area contributed by atoms with Gasteiger partial charge < -0.3 is 9.67 Å². The molecule has 1 aromatic carbocycles. The summed E-state index contributed by atoms with van der Waals surface area (Å²) in [4.78, 5) is 12.0. The quantitative estimate of drug-likeness (QED) is 0.870. The summed E-state index contributed by atoms with van der Waals surface area (Å²) in [6, 6.07) is 11.9. The number of aromatic hydroxyl groups is 1. The van der Waals surface area contributed by atoms with Crippen LogP contribution in [0.1, 0.15) is 16.8 Å². The number of aryl methyl sites for hydroxylation is 1. The Morgan fingerprint density at radius 3 is 2.78 bits per heavy atom. The van der Waals surface area contributed by atoms with Crippen LogP contribution < -0.4 is 5.56 Å². The highest BCUT2D eigenvalue weighted by atomic mass is 16.3. The van der Waals surface area contributed by atoms with E-state index in [0.29, 0.717) is 6.54 Å². The molecule has 4 heteroatoms. The second kappa shape index (κ2) is 4.76. The van der Waals surface area contributed by atoms with Crippen molar-refractivity contribution in [2.75, 3.05) is 0 Å². The number of hydrogen-bond donors (Lipinski definition) is 1. The summed E-state index contributed by atoms with van der Waals surface area (Å²) in [7, 11) is 0. The third-order valence-corrected chi connectivity index (χ3v) is 2.76. The molecule has 2 aromatic rings. The standard InChI is InChI=1S/C14H12N2O2/c1-10-5-6-12(8-15)14(18)16(10)9-11-3-2-4-13(17)7-11/h2-7,17H,9H2,1H3. The average Bonchev–Trinajstić information content (AvgIpc) is 2.35. The van der Waals surface area contributed by atoms with Crippen molar-refractivity contribution in [2.24, 2.45) is 0 Å². The molecule has 0 fully saturated rings. The summed E-state index contributed by atoms with van der Waals surface area (Å²) in [6.45, 7) is 2.15. The number of phenols is 1. The number of aromatic nitrogens is 1. The van der Waals surface area contributed by atoms with Gasteiger partial charge in [-0.3, -0.25) is 4.79 Å². The molecular weight excluding hydrogens is 228 g/mol. The number of benzene rings is 1. The first-order chi connectivity index (χ1) is 8.61.